The molecule has 0 radical (unpaired) electrons. The number of piperidine rings is 1. The topological polar surface area (TPSA) is 67.2 Å². The number of benzene rings is 1. The Morgan fingerprint density at radius 1 is 1.00 bits per heavy atom. The van der Waals surface area contributed by atoms with Crippen molar-refractivity contribution in [1.29, 1.82) is 0 Å². The van der Waals surface area contributed by atoms with Crippen LogP contribution >= 0.6 is 0 Å². The van der Waals surface area contributed by atoms with E-state index in [9.17, 15) is 4.79 Å². The van der Waals surface area contributed by atoms with Crippen LogP contribution in [0.5, 0.6) is 0 Å². The van der Waals surface area contributed by atoms with Gasteiger partial charge in [0.2, 0.25) is 5.91 Å². The van der Waals surface area contributed by atoms with Crippen LogP contribution in [0.1, 0.15) is 36.2 Å². The number of hydrogen-bond donors (Lipinski definition) is 0. The van der Waals surface area contributed by atoms with Crippen molar-refractivity contribution in [2.24, 2.45) is 5.92 Å². The second-order valence-electron chi connectivity index (χ2n) is 8.60. The van der Waals surface area contributed by atoms with Crippen LogP contribution in [0.4, 0.5) is 11.5 Å². The van der Waals surface area contributed by atoms with Crippen LogP contribution < -0.4 is 9.80 Å². The number of anilines is 2. The van der Waals surface area contributed by atoms with Gasteiger partial charge in [-0.25, -0.2) is 4.68 Å². The van der Waals surface area contributed by atoms with Gasteiger partial charge in [-0.3, -0.25) is 4.79 Å². The summed E-state index contributed by atoms with van der Waals surface area (Å²) in [4.78, 5) is 17.6. The van der Waals surface area contributed by atoms with Gasteiger partial charge in [0.05, 0.1) is 11.6 Å². The van der Waals surface area contributed by atoms with Crippen molar-refractivity contribution < 1.29 is 4.79 Å². The zero-order valence-corrected chi connectivity index (χ0v) is 18.2. The predicted molar refractivity (Wildman–Crippen MR) is 121 cm³/mol. The highest BCUT2D eigenvalue weighted by atomic mass is 16.2. The standard InChI is InChI=1S/C24H28N6O/c1-17-15-18(2)30(27-17)23-12-11-22(25-26-23)28-13-5-9-20(16-28)24(31)29-14-6-8-19-7-3-4-10-21(19)29/h3-4,7,10-12,15,20H,5-6,8-9,13-14,16H2,1-2H3. The summed E-state index contributed by atoms with van der Waals surface area (Å²) in [7, 11) is 0. The van der Waals surface area contributed by atoms with Crippen LogP contribution in [0.15, 0.2) is 42.5 Å². The lowest BCUT2D eigenvalue weighted by Crippen LogP contribution is -2.46. The zero-order chi connectivity index (χ0) is 21.4. The van der Waals surface area contributed by atoms with E-state index < -0.39 is 0 Å². The third-order valence-corrected chi connectivity index (χ3v) is 6.33. The number of para-hydroxylation sites is 1. The molecule has 0 aliphatic carbocycles. The fourth-order valence-electron chi connectivity index (χ4n) is 4.83. The lowest BCUT2D eigenvalue weighted by molar-refractivity contribution is -0.122. The molecule has 5 rings (SSSR count). The Morgan fingerprint density at radius 2 is 1.81 bits per heavy atom. The van der Waals surface area contributed by atoms with Gasteiger partial charge in [0.15, 0.2) is 11.6 Å². The first-order chi connectivity index (χ1) is 15.1. The molecule has 1 fully saturated rings. The molecule has 31 heavy (non-hydrogen) atoms. The lowest BCUT2D eigenvalue weighted by Gasteiger charge is -2.37. The van der Waals surface area contributed by atoms with Crippen LogP contribution in [0, 0.1) is 19.8 Å². The molecular formula is C24H28N6O. The first-order valence-electron chi connectivity index (χ1n) is 11.1. The first kappa shape index (κ1) is 19.7. The smallest absolute Gasteiger partial charge is 0.231 e. The van der Waals surface area contributed by atoms with E-state index in [0.717, 1.165) is 61.7 Å². The lowest BCUT2D eigenvalue weighted by atomic mass is 9.94. The Bertz CT molecular complexity index is 1090. The molecule has 0 saturated carbocycles. The van der Waals surface area contributed by atoms with Gasteiger partial charge in [0, 0.05) is 31.0 Å². The van der Waals surface area contributed by atoms with E-state index in [1.807, 2.05) is 47.7 Å². The number of amides is 1. The van der Waals surface area contributed by atoms with Crippen molar-refractivity contribution in [2.75, 3.05) is 29.4 Å². The molecule has 2 aliphatic rings. The summed E-state index contributed by atoms with van der Waals surface area (Å²) in [6, 6.07) is 14.3. The molecule has 0 bridgehead atoms. The number of aryl methyl sites for hydroxylation is 3. The van der Waals surface area contributed by atoms with E-state index in [2.05, 4.69) is 38.4 Å². The van der Waals surface area contributed by atoms with Crippen LogP contribution in [-0.4, -0.2) is 45.5 Å². The minimum atomic E-state index is -0.0163. The summed E-state index contributed by atoms with van der Waals surface area (Å²) in [5.74, 6) is 1.76. The number of hydrogen-bond acceptors (Lipinski definition) is 5. The van der Waals surface area contributed by atoms with Gasteiger partial charge >= 0.3 is 0 Å². The van der Waals surface area contributed by atoms with Crippen LogP contribution in [-0.2, 0) is 11.2 Å². The summed E-state index contributed by atoms with van der Waals surface area (Å²) in [5.41, 5.74) is 4.36. The molecule has 0 N–H and O–H groups in total. The molecule has 7 nitrogen and oxygen atoms in total. The molecule has 1 unspecified atom stereocenters. The third kappa shape index (κ3) is 3.80. The maximum atomic E-state index is 13.4. The Morgan fingerprint density at radius 3 is 2.58 bits per heavy atom. The van der Waals surface area contributed by atoms with E-state index in [4.69, 9.17) is 0 Å². The normalized spacial score (nSPS) is 18.7. The summed E-state index contributed by atoms with van der Waals surface area (Å²) in [6.07, 6.45) is 3.98. The predicted octanol–water partition coefficient (Wildman–Crippen LogP) is 3.47. The first-order valence-corrected chi connectivity index (χ1v) is 11.1. The van der Waals surface area contributed by atoms with Gasteiger partial charge in [-0.1, -0.05) is 18.2 Å². The summed E-state index contributed by atoms with van der Waals surface area (Å²) in [6.45, 7) is 6.37. The average Bonchev–Trinajstić information content (AvgIpc) is 3.16. The van der Waals surface area contributed by atoms with Crippen molar-refractivity contribution in [1.82, 2.24) is 20.0 Å². The molecule has 1 saturated heterocycles. The molecule has 1 aromatic carbocycles. The van der Waals surface area contributed by atoms with E-state index in [-0.39, 0.29) is 11.8 Å². The highest BCUT2D eigenvalue weighted by Crippen LogP contribution is 2.30. The second-order valence-corrected chi connectivity index (χ2v) is 8.60. The maximum Gasteiger partial charge on any atom is 0.231 e. The molecule has 2 aromatic heterocycles. The molecule has 1 amide bonds. The van der Waals surface area contributed by atoms with E-state index >= 15 is 0 Å². The number of carbonyl (C=O) groups excluding carboxylic acids is 1. The Hall–Kier alpha value is -3.22. The fourth-order valence-corrected chi connectivity index (χ4v) is 4.83. The van der Waals surface area contributed by atoms with E-state index in [1.54, 1.807) is 0 Å². The summed E-state index contributed by atoms with van der Waals surface area (Å²) >= 11 is 0. The number of fused-ring (bicyclic) bond motifs is 1. The summed E-state index contributed by atoms with van der Waals surface area (Å²) in [5, 5.41) is 13.3. The molecular weight excluding hydrogens is 388 g/mol. The molecule has 7 heteroatoms. The highest BCUT2D eigenvalue weighted by Gasteiger charge is 2.32. The minimum Gasteiger partial charge on any atom is -0.354 e. The molecule has 1 atom stereocenters. The van der Waals surface area contributed by atoms with Gasteiger partial charge in [-0.15, -0.1) is 10.2 Å². The second kappa shape index (κ2) is 8.13. The van der Waals surface area contributed by atoms with Crippen LogP contribution in [0.2, 0.25) is 0 Å². The Balaban J connectivity index is 1.32. The van der Waals surface area contributed by atoms with Gasteiger partial charge in [0.25, 0.3) is 0 Å². The van der Waals surface area contributed by atoms with Crippen molar-refractivity contribution in [3.05, 3.63) is 59.4 Å². The van der Waals surface area contributed by atoms with Crippen LogP contribution in [0.25, 0.3) is 5.82 Å². The Labute approximate surface area is 182 Å². The SMILES string of the molecule is Cc1cc(C)n(-c2ccc(N3CCCC(C(=O)N4CCCc5ccccc54)C3)nn2)n1. The maximum absolute atomic E-state index is 13.4. The van der Waals surface area contributed by atoms with Gasteiger partial charge < -0.3 is 9.80 Å². The largest absolute Gasteiger partial charge is 0.354 e. The average molecular weight is 417 g/mol. The Kier molecular flexibility index (Phi) is 5.18. The molecule has 160 valence electrons. The third-order valence-electron chi connectivity index (χ3n) is 6.33. The number of aromatic nitrogens is 4. The molecule has 3 aromatic rings. The van der Waals surface area contributed by atoms with Crippen molar-refractivity contribution >= 4 is 17.4 Å². The van der Waals surface area contributed by atoms with E-state index in [0.29, 0.717) is 12.4 Å². The molecule has 2 aliphatic heterocycles. The van der Waals surface area contributed by atoms with Crippen LogP contribution in [0.3, 0.4) is 0 Å². The monoisotopic (exact) mass is 416 g/mol. The number of nitrogens with zero attached hydrogens (tertiary/aromatic N) is 6. The summed E-state index contributed by atoms with van der Waals surface area (Å²) < 4.78 is 1.81. The molecule has 0 spiro atoms. The van der Waals surface area contributed by atoms with Gasteiger partial charge in [-0.2, -0.15) is 5.10 Å². The zero-order valence-electron chi connectivity index (χ0n) is 18.2. The quantitative estimate of drug-likeness (QED) is 0.654. The minimum absolute atomic E-state index is 0.0163. The van der Waals surface area contributed by atoms with Crippen molar-refractivity contribution in [3.63, 3.8) is 0 Å². The fraction of sp³-hybridized carbons (Fsp3) is 0.417. The number of carbonyl (C=O) groups is 1. The van der Waals surface area contributed by atoms with Gasteiger partial charge in [0.1, 0.15) is 0 Å². The highest BCUT2D eigenvalue weighted by molar-refractivity contribution is 5.96. The number of rotatable bonds is 3. The van der Waals surface area contributed by atoms with Crippen molar-refractivity contribution in [2.45, 2.75) is 39.5 Å². The van der Waals surface area contributed by atoms with Gasteiger partial charge in [-0.05, 0) is 69.4 Å². The molecule has 4 heterocycles. The van der Waals surface area contributed by atoms with E-state index in [1.165, 1.54) is 5.56 Å². The van der Waals surface area contributed by atoms with Crippen molar-refractivity contribution in [3.8, 4) is 5.82 Å².